The average Bonchev–Trinajstić information content (AvgIpc) is 2.94. The molecule has 2 aromatic rings. The summed E-state index contributed by atoms with van der Waals surface area (Å²) in [4.78, 5) is 4.29. The summed E-state index contributed by atoms with van der Waals surface area (Å²) in [5, 5.41) is 10.1. The third-order valence-corrected chi connectivity index (χ3v) is 5.86. The molecule has 124 valence electrons. The van der Waals surface area contributed by atoms with Gasteiger partial charge in [-0.25, -0.2) is 0 Å². The van der Waals surface area contributed by atoms with Crippen molar-refractivity contribution in [2.75, 3.05) is 0 Å². The van der Waals surface area contributed by atoms with Crippen LogP contribution in [0.2, 0.25) is 0 Å². The largest absolute Gasteiger partial charge is 0.497 e. The molecule has 1 aliphatic heterocycles. The molecule has 0 bridgehead atoms. The second kappa shape index (κ2) is 5.08. The molecule has 0 spiro atoms. The quantitative estimate of drug-likeness (QED) is 0.798. The lowest BCUT2D eigenvalue weighted by molar-refractivity contribution is 0.00578. The van der Waals surface area contributed by atoms with Gasteiger partial charge in [0.1, 0.15) is 0 Å². The Morgan fingerprint density at radius 2 is 1.92 bits per heavy atom. The number of fused-ring (bicyclic) bond motifs is 1. The zero-order chi connectivity index (χ0) is 17.1. The SMILES string of the molecule is CC1(C)OB(c2cn(C3CC(C#N)C3)c3ccncc23)OC1(C)C. The molecule has 6 heteroatoms. The minimum absolute atomic E-state index is 0.176. The summed E-state index contributed by atoms with van der Waals surface area (Å²) in [5.74, 6) is 0.176. The first-order chi connectivity index (χ1) is 11.3. The Labute approximate surface area is 142 Å². The molecule has 0 unspecified atom stereocenters. The summed E-state index contributed by atoms with van der Waals surface area (Å²) in [6, 6.07) is 4.76. The van der Waals surface area contributed by atoms with Gasteiger partial charge >= 0.3 is 7.12 Å². The lowest BCUT2D eigenvalue weighted by Crippen LogP contribution is -2.41. The maximum absolute atomic E-state index is 9.05. The van der Waals surface area contributed by atoms with Gasteiger partial charge in [-0.05, 0) is 46.6 Å². The van der Waals surface area contributed by atoms with Gasteiger partial charge in [-0.15, -0.1) is 0 Å². The molecule has 1 aliphatic carbocycles. The standard InChI is InChI=1S/C18H22BN3O2/c1-17(2)18(3,4)24-19(23-17)15-11-22(13-7-12(8-13)9-20)16-5-6-21-10-14(15)16/h5-6,10-13H,7-8H2,1-4H3. The summed E-state index contributed by atoms with van der Waals surface area (Å²) in [6.07, 6.45) is 7.64. The Hall–Kier alpha value is -1.84. The van der Waals surface area contributed by atoms with Crippen LogP contribution in [-0.4, -0.2) is 27.9 Å². The number of rotatable bonds is 2. The lowest BCUT2D eigenvalue weighted by Gasteiger charge is -2.32. The Morgan fingerprint density at radius 3 is 2.54 bits per heavy atom. The monoisotopic (exact) mass is 323 g/mol. The van der Waals surface area contributed by atoms with Crippen molar-refractivity contribution >= 4 is 23.5 Å². The highest BCUT2D eigenvalue weighted by atomic mass is 16.7. The van der Waals surface area contributed by atoms with Gasteiger partial charge in [0.25, 0.3) is 0 Å². The molecule has 5 nitrogen and oxygen atoms in total. The van der Waals surface area contributed by atoms with Crippen LogP contribution in [-0.2, 0) is 9.31 Å². The highest BCUT2D eigenvalue weighted by Gasteiger charge is 2.52. The van der Waals surface area contributed by atoms with E-state index in [0.29, 0.717) is 6.04 Å². The van der Waals surface area contributed by atoms with E-state index in [4.69, 9.17) is 14.6 Å². The third kappa shape index (κ3) is 2.19. The van der Waals surface area contributed by atoms with E-state index in [2.05, 4.69) is 49.5 Å². The van der Waals surface area contributed by atoms with Crippen molar-refractivity contribution in [2.24, 2.45) is 5.92 Å². The molecule has 1 saturated carbocycles. The number of nitrogens with zero attached hydrogens (tertiary/aromatic N) is 3. The average molecular weight is 323 g/mol. The van der Waals surface area contributed by atoms with Crippen LogP contribution in [0.4, 0.5) is 0 Å². The van der Waals surface area contributed by atoms with Gasteiger partial charge in [-0.2, -0.15) is 5.26 Å². The number of nitriles is 1. The predicted octanol–water partition coefficient (Wildman–Crippen LogP) is 2.81. The minimum Gasteiger partial charge on any atom is -0.399 e. The number of pyridine rings is 1. The highest BCUT2D eigenvalue weighted by molar-refractivity contribution is 6.65. The predicted molar refractivity (Wildman–Crippen MR) is 92.8 cm³/mol. The van der Waals surface area contributed by atoms with Gasteiger partial charge < -0.3 is 13.9 Å². The van der Waals surface area contributed by atoms with Gasteiger partial charge in [0.2, 0.25) is 0 Å². The van der Waals surface area contributed by atoms with Crippen molar-refractivity contribution < 1.29 is 9.31 Å². The lowest BCUT2D eigenvalue weighted by atomic mass is 9.79. The zero-order valence-electron chi connectivity index (χ0n) is 14.6. The fourth-order valence-corrected chi connectivity index (χ4v) is 3.50. The van der Waals surface area contributed by atoms with Crippen LogP contribution in [0.25, 0.3) is 10.9 Å². The second-order valence-electron chi connectivity index (χ2n) is 7.92. The molecule has 0 radical (unpaired) electrons. The van der Waals surface area contributed by atoms with E-state index in [1.165, 1.54) is 0 Å². The molecule has 3 heterocycles. The summed E-state index contributed by atoms with van der Waals surface area (Å²) >= 11 is 0. The summed E-state index contributed by atoms with van der Waals surface area (Å²) < 4.78 is 14.7. The molecule has 2 fully saturated rings. The van der Waals surface area contributed by atoms with Gasteiger partial charge in [0.15, 0.2) is 0 Å². The maximum atomic E-state index is 9.05. The zero-order valence-corrected chi connectivity index (χ0v) is 14.6. The Bertz CT molecular complexity index is 814. The molecule has 2 aliphatic rings. The number of aromatic nitrogens is 2. The van der Waals surface area contributed by atoms with E-state index < -0.39 is 7.12 Å². The molecular formula is C18H22BN3O2. The van der Waals surface area contributed by atoms with Crippen molar-refractivity contribution in [3.05, 3.63) is 24.7 Å². The smallest absolute Gasteiger partial charge is 0.399 e. The van der Waals surface area contributed by atoms with Crippen molar-refractivity contribution in [3.63, 3.8) is 0 Å². The molecule has 0 aromatic carbocycles. The van der Waals surface area contributed by atoms with E-state index in [-0.39, 0.29) is 17.1 Å². The third-order valence-electron chi connectivity index (χ3n) is 5.86. The molecule has 0 atom stereocenters. The van der Waals surface area contributed by atoms with Crippen LogP contribution in [0, 0.1) is 17.2 Å². The first-order valence-corrected chi connectivity index (χ1v) is 8.52. The van der Waals surface area contributed by atoms with Crippen LogP contribution in [0.1, 0.15) is 46.6 Å². The number of hydrogen-bond donors (Lipinski definition) is 0. The normalized spacial score (nSPS) is 27.9. The fourth-order valence-electron chi connectivity index (χ4n) is 3.50. The molecular weight excluding hydrogens is 301 g/mol. The van der Waals surface area contributed by atoms with Crippen LogP contribution in [0.15, 0.2) is 24.7 Å². The van der Waals surface area contributed by atoms with E-state index in [0.717, 1.165) is 29.2 Å². The van der Waals surface area contributed by atoms with Crippen molar-refractivity contribution in [1.29, 1.82) is 5.26 Å². The summed E-state index contributed by atoms with van der Waals surface area (Å²) in [5.41, 5.74) is 1.43. The fraction of sp³-hybridized carbons (Fsp3) is 0.556. The van der Waals surface area contributed by atoms with Crippen molar-refractivity contribution in [3.8, 4) is 6.07 Å². The number of hydrogen-bond acceptors (Lipinski definition) is 4. The van der Waals surface area contributed by atoms with Crippen molar-refractivity contribution in [1.82, 2.24) is 9.55 Å². The van der Waals surface area contributed by atoms with E-state index >= 15 is 0 Å². The van der Waals surface area contributed by atoms with Crippen LogP contribution in [0.3, 0.4) is 0 Å². The van der Waals surface area contributed by atoms with Gasteiger partial charge in [-0.1, -0.05) is 0 Å². The topological polar surface area (TPSA) is 60.1 Å². The van der Waals surface area contributed by atoms with E-state index in [1.54, 1.807) is 0 Å². The van der Waals surface area contributed by atoms with E-state index in [1.807, 2.05) is 18.5 Å². The second-order valence-corrected chi connectivity index (χ2v) is 7.92. The summed E-state index contributed by atoms with van der Waals surface area (Å²) in [6.45, 7) is 8.25. The van der Waals surface area contributed by atoms with Gasteiger partial charge in [0.05, 0.1) is 28.7 Å². The van der Waals surface area contributed by atoms with Crippen molar-refractivity contribution in [2.45, 2.75) is 57.8 Å². The molecule has 0 amide bonds. The van der Waals surface area contributed by atoms with Crippen LogP contribution < -0.4 is 5.46 Å². The molecule has 2 aromatic heterocycles. The first kappa shape index (κ1) is 15.7. The summed E-state index contributed by atoms with van der Waals surface area (Å²) in [7, 11) is -0.394. The van der Waals surface area contributed by atoms with Gasteiger partial charge in [0, 0.05) is 35.5 Å². The van der Waals surface area contributed by atoms with E-state index in [9.17, 15) is 0 Å². The molecule has 4 rings (SSSR count). The maximum Gasteiger partial charge on any atom is 0.497 e. The van der Waals surface area contributed by atoms with Crippen LogP contribution >= 0.6 is 0 Å². The highest BCUT2D eigenvalue weighted by Crippen LogP contribution is 2.40. The van der Waals surface area contributed by atoms with Gasteiger partial charge in [-0.3, -0.25) is 4.98 Å². The first-order valence-electron chi connectivity index (χ1n) is 8.52. The minimum atomic E-state index is -0.394. The Morgan fingerprint density at radius 1 is 1.25 bits per heavy atom. The molecule has 0 N–H and O–H groups in total. The molecule has 24 heavy (non-hydrogen) atoms. The molecule has 1 saturated heterocycles. The van der Waals surface area contributed by atoms with Crippen LogP contribution in [0.5, 0.6) is 0 Å². The Balaban J connectivity index is 1.74. The Kier molecular flexibility index (Phi) is 3.32.